The zero-order chi connectivity index (χ0) is 26.0. The van der Waals surface area contributed by atoms with Gasteiger partial charge in [-0.05, 0) is 56.8 Å². The lowest BCUT2D eigenvalue weighted by atomic mass is 9.44. The number of hydrogen-bond donors (Lipinski definition) is 1. The number of ether oxygens (including phenoxy) is 3. The molecule has 0 saturated heterocycles. The standard InChI is InChI=1S/C25H31ClF2O7/c1-5-33-21(32)35-25(20(31)34-12-26)13(2)8-15-16-10-18(27)17-9-14(29)6-7-22(17,3)24(16,28)19(30)11-23(15,25)4/h6-7,9,13,15-16,18-19,30H,5,8,10-12H2,1-4H3/t13-,15+,16+,18+,19+,22+,23+,24+,25+/m1/s1. The van der Waals surface area contributed by atoms with Crippen LogP contribution in [-0.2, 0) is 23.8 Å². The number of carbonyl (C=O) groups excluding carboxylic acids is 3. The average Bonchev–Trinajstić information content (AvgIpc) is 2.99. The lowest BCUT2D eigenvalue weighted by Gasteiger charge is -2.62. The summed E-state index contributed by atoms with van der Waals surface area (Å²) in [5, 5.41) is 11.4. The third-order valence-electron chi connectivity index (χ3n) is 9.16. The van der Waals surface area contributed by atoms with Gasteiger partial charge in [0.2, 0.25) is 5.60 Å². The van der Waals surface area contributed by atoms with Crippen LogP contribution < -0.4 is 0 Å². The van der Waals surface area contributed by atoms with Crippen molar-refractivity contribution < 1.29 is 42.5 Å². The molecule has 35 heavy (non-hydrogen) atoms. The summed E-state index contributed by atoms with van der Waals surface area (Å²) < 4.78 is 48.6. The van der Waals surface area contributed by atoms with Gasteiger partial charge in [0.25, 0.3) is 0 Å². The Morgan fingerprint density at radius 2 is 1.91 bits per heavy atom. The van der Waals surface area contributed by atoms with Crippen molar-refractivity contribution in [3.05, 3.63) is 23.8 Å². The monoisotopic (exact) mass is 516 g/mol. The first-order valence-corrected chi connectivity index (χ1v) is 12.4. The predicted molar refractivity (Wildman–Crippen MR) is 121 cm³/mol. The Labute approximate surface area is 207 Å². The molecule has 3 fully saturated rings. The van der Waals surface area contributed by atoms with Crippen molar-refractivity contribution in [3.63, 3.8) is 0 Å². The molecular formula is C25H31ClF2O7. The van der Waals surface area contributed by atoms with E-state index in [4.69, 9.17) is 25.8 Å². The first-order chi connectivity index (χ1) is 16.3. The van der Waals surface area contributed by atoms with E-state index in [9.17, 15) is 19.5 Å². The first kappa shape index (κ1) is 26.1. The Bertz CT molecular complexity index is 1000. The second-order valence-corrected chi connectivity index (χ2v) is 10.8. The van der Waals surface area contributed by atoms with Gasteiger partial charge in [-0.3, -0.25) is 4.79 Å². The van der Waals surface area contributed by atoms with Gasteiger partial charge in [0.1, 0.15) is 6.17 Å². The van der Waals surface area contributed by atoms with Crippen LogP contribution in [0.4, 0.5) is 13.6 Å². The maximum atomic E-state index is 17.3. The van der Waals surface area contributed by atoms with Gasteiger partial charge in [-0.2, -0.15) is 0 Å². The maximum absolute atomic E-state index is 17.3. The van der Waals surface area contributed by atoms with E-state index in [0.717, 1.165) is 6.08 Å². The summed E-state index contributed by atoms with van der Waals surface area (Å²) in [6.45, 7) is 6.38. The van der Waals surface area contributed by atoms with Gasteiger partial charge in [-0.15, -0.1) is 0 Å². The van der Waals surface area contributed by atoms with Crippen molar-refractivity contribution in [2.24, 2.45) is 28.6 Å². The van der Waals surface area contributed by atoms with Gasteiger partial charge in [0.05, 0.1) is 12.7 Å². The molecule has 7 nitrogen and oxygen atoms in total. The normalized spacial score (nSPS) is 46.1. The second-order valence-electron chi connectivity index (χ2n) is 10.6. The molecule has 0 radical (unpaired) electrons. The quantitative estimate of drug-likeness (QED) is 0.441. The fourth-order valence-electron chi connectivity index (χ4n) is 7.65. The molecule has 10 heteroatoms. The van der Waals surface area contributed by atoms with Crippen LogP contribution in [0, 0.1) is 28.6 Å². The van der Waals surface area contributed by atoms with E-state index in [0.29, 0.717) is 0 Å². The Kier molecular flexibility index (Phi) is 6.36. The van der Waals surface area contributed by atoms with E-state index in [-0.39, 0.29) is 31.4 Å². The van der Waals surface area contributed by atoms with E-state index in [1.54, 1.807) is 20.8 Å². The number of allylic oxidation sites excluding steroid dienone is 4. The van der Waals surface area contributed by atoms with Crippen LogP contribution in [0.15, 0.2) is 23.8 Å². The van der Waals surface area contributed by atoms with E-state index in [1.165, 1.54) is 19.1 Å². The van der Waals surface area contributed by atoms with Crippen LogP contribution in [0.2, 0.25) is 0 Å². The molecule has 0 unspecified atom stereocenters. The zero-order valence-corrected chi connectivity index (χ0v) is 20.9. The molecule has 0 aliphatic heterocycles. The van der Waals surface area contributed by atoms with Gasteiger partial charge in [-0.1, -0.05) is 31.5 Å². The summed E-state index contributed by atoms with van der Waals surface area (Å²) >= 11 is 5.67. The number of esters is 1. The zero-order valence-electron chi connectivity index (χ0n) is 20.2. The van der Waals surface area contributed by atoms with Crippen LogP contribution in [0.25, 0.3) is 0 Å². The van der Waals surface area contributed by atoms with E-state index in [1.807, 2.05) is 0 Å². The van der Waals surface area contributed by atoms with Crippen molar-refractivity contribution in [3.8, 4) is 0 Å². The molecule has 0 aromatic carbocycles. The molecule has 0 bridgehead atoms. The number of carbonyl (C=O) groups is 3. The predicted octanol–water partition coefficient (Wildman–Crippen LogP) is 4.20. The molecule has 4 aliphatic carbocycles. The van der Waals surface area contributed by atoms with Gasteiger partial charge in [0, 0.05) is 22.7 Å². The van der Waals surface area contributed by atoms with Crippen LogP contribution in [-0.4, -0.2) is 59.2 Å². The summed E-state index contributed by atoms with van der Waals surface area (Å²) in [5.41, 5.74) is -7.11. The largest absolute Gasteiger partial charge is 0.509 e. The third-order valence-corrected chi connectivity index (χ3v) is 9.27. The Morgan fingerprint density at radius 1 is 1.23 bits per heavy atom. The second kappa shape index (κ2) is 8.54. The fourth-order valence-corrected chi connectivity index (χ4v) is 7.75. The van der Waals surface area contributed by atoms with E-state index in [2.05, 4.69) is 0 Å². The van der Waals surface area contributed by atoms with Crippen LogP contribution in [0.1, 0.15) is 47.0 Å². The number of ketones is 1. The number of fused-ring (bicyclic) bond motifs is 5. The molecule has 0 aromatic rings. The van der Waals surface area contributed by atoms with E-state index >= 15 is 8.78 Å². The molecule has 0 spiro atoms. The summed E-state index contributed by atoms with van der Waals surface area (Å²) in [7, 11) is 0. The number of hydrogen-bond acceptors (Lipinski definition) is 7. The molecule has 4 rings (SSSR count). The number of aliphatic hydroxyl groups is 1. The van der Waals surface area contributed by atoms with Crippen LogP contribution in [0.5, 0.6) is 0 Å². The summed E-state index contributed by atoms with van der Waals surface area (Å²) in [6, 6.07) is -0.503. The first-order valence-electron chi connectivity index (χ1n) is 11.9. The summed E-state index contributed by atoms with van der Waals surface area (Å²) in [4.78, 5) is 37.8. The van der Waals surface area contributed by atoms with Crippen molar-refractivity contribution in [1.29, 1.82) is 0 Å². The van der Waals surface area contributed by atoms with Gasteiger partial charge < -0.3 is 19.3 Å². The minimum absolute atomic E-state index is 0.00507. The number of rotatable bonds is 4. The number of halogens is 3. The minimum Gasteiger partial charge on any atom is -0.446 e. The highest BCUT2D eigenvalue weighted by Crippen LogP contribution is 2.71. The van der Waals surface area contributed by atoms with Crippen molar-refractivity contribution in [2.45, 2.75) is 70.5 Å². The minimum atomic E-state index is -2.32. The highest BCUT2D eigenvalue weighted by molar-refractivity contribution is 6.17. The number of aliphatic hydroxyl groups excluding tert-OH is 1. The highest BCUT2D eigenvalue weighted by Gasteiger charge is 2.79. The third kappa shape index (κ3) is 3.26. The summed E-state index contributed by atoms with van der Waals surface area (Å²) in [6.07, 6.45) is -1.07. The molecule has 0 aromatic heterocycles. The van der Waals surface area contributed by atoms with Crippen LogP contribution >= 0.6 is 11.6 Å². The maximum Gasteiger partial charge on any atom is 0.509 e. The Balaban J connectivity index is 1.86. The molecule has 0 heterocycles. The molecule has 1 N–H and O–H groups in total. The van der Waals surface area contributed by atoms with Crippen molar-refractivity contribution >= 4 is 29.5 Å². The van der Waals surface area contributed by atoms with Crippen molar-refractivity contribution in [2.75, 3.05) is 12.7 Å². The lowest BCUT2D eigenvalue weighted by molar-refractivity contribution is -0.233. The van der Waals surface area contributed by atoms with Crippen LogP contribution in [0.3, 0.4) is 0 Å². The SMILES string of the molecule is CCOC(=O)O[C@]1(C(=O)OCCl)[C@H](C)C[C@H]2[C@@H]3C[C@H](F)C4=CC(=O)C=C[C@]4(C)[C@@]3(F)[C@@H](O)C[C@@]21C. The Morgan fingerprint density at radius 3 is 2.54 bits per heavy atom. The average molecular weight is 517 g/mol. The van der Waals surface area contributed by atoms with E-state index < -0.39 is 76.1 Å². The molecule has 0 amide bonds. The summed E-state index contributed by atoms with van der Waals surface area (Å²) in [5.74, 6) is -3.72. The topological polar surface area (TPSA) is 99.1 Å². The van der Waals surface area contributed by atoms with Crippen molar-refractivity contribution in [1.82, 2.24) is 0 Å². The molecule has 194 valence electrons. The van der Waals surface area contributed by atoms with Gasteiger partial charge in [-0.25, -0.2) is 18.4 Å². The lowest BCUT2D eigenvalue weighted by Crippen LogP contribution is -2.71. The van der Waals surface area contributed by atoms with Gasteiger partial charge in [0.15, 0.2) is 17.5 Å². The molecule has 4 aliphatic rings. The molecular weight excluding hydrogens is 486 g/mol. The number of alkyl halides is 3. The smallest absolute Gasteiger partial charge is 0.446 e. The Hall–Kier alpha value is -2.00. The highest BCUT2D eigenvalue weighted by atomic mass is 35.5. The molecule has 3 saturated carbocycles. The van der Waals surface area contributed by atoms with Gasteiger partial charge >= 0.3 is 12.1 Å². The fraction of sp³-hybridized carbons (Fsp3) is 0.720. The molecule has 9 atom stereocenters.